The van der Waals surface area contributed by atoms with Crippen molar-refractivity contribution in [1.82, 2.24) is 19.7 Å². The topological polar surface area (TPSA) is 45.0 Å². The molecule has 1 N–H and O–H groups in total. The molecule has 0 aliphatic carbocycles. The number of benzene rings is 1. The molecule has 0 amide bonds. The fourth-order valence-corrected chi connectivity index (χ4v) is 4.02. The maximum absolute atomic E-state index is 6.15. The minimum absolute atomic E-state index is 0.393. The van der Waals surface area contributed by atoms with Crippen LogP contribution in [0.3, 0.4) is 0 Å². The number of guanidine groups is 1. The van der Waals surface area contributed by atoms with E-state index in [1.807, 2.05) is 0 Å². The minimum Gasteiger partial charge on any atom is -0.378 e. The third kappa shape index (κ3) is 7.71. The summed E-state index contributed by atoms with van der Waals surface area (Å²) in [6, 6.07) is 15.0. The predicted molar refractivity (Wildman–Crippen MR) is 128 cm³/mol. The van der Waals surface area contributed by atoms with Crippen molar-refractivity contribution in [2.24, 2.45) is 12.0 Å². The quantitative estimate of drug-likeness (QED) is 0.360. The number of aromatic nitrogens is 1. The first-order valence-electron chi connectivity index (χ1n) is 11.6. The molecule has 1 aliphatic heterocycles. The molecule has 0 bridgehead atoms. The third-order valence-corrected chi connectivity index (χ3v) is 5.85. The second-order valence-corrected chi connectivity index (χ2v) is 8.39. The number of hydrogen-bond donors (Lipinski definition) is 1. The number of nitrogens with one attached hydrogen (secondary N) is 1. The highest BCUT2D eigenvalue weighted by Gasteiger charge is 2.19. The molecule has 1 aromatic heterocycles. The van der Waals surface area contributed by atoms with Crippen molar-refractivity contribution in [3.05, 3.63) is 59.9 Å². The van der Waals surface area contributed by atoms with Crippen molar-refractivity contribution in [3.63, 3.8) is 0 Å². The predicted octanol–water partition coefficient (Wildman–Crippen LogP) is 3.49. The Morgan fingerprint density at radius 1 is 1.16 bits per heavy atom. The Hall–Kier alpha value is -2.31. The van der Waals surface area contributed by atoms with Crippen molar-refractivity contribution < 1.29 is 4.74 Å². The summed E-state index contributed by atoms with van der Waals surface area (Å²) in [5.41, 5.74) is 2.67. The van der Waals surface area contributed by atoms with E-state index in [2.05, 4.69) is 89.4 Å². The van der Waals surface area contributed by atoms with E-state index in [1.54, 1.807) is 0 Å². The lowest BCUT2D eigenvalue weighted by Crippen LogP contribution is -2.39. The van der Waals surface area contributed by atoms with Crippen LogP contribution < -0.4 is 5.32 Å². The first-order chi connectivity index (χ1) is 15.2. The Kier molecular flexibility index (Phi) is 9.43. The summed E-state index contributed by atoms with van der Waals surface area (Å²) in [6.07, 6.45) is 5.67. The summed E-state index contributed by atoms with van der Waals surface area (Å²) in [6.45, 7) is 8.67. The first kappa shape index (κ1) is 23.4. The van der Waals surface area contributed by atoms with Gasteiger partial charge in [-0.15, -0.1) is 0 Å². The summed E-state index contributed by atoms with van der Waals surface area (Å²) < 4.78 is 8.30. The van der Waals surface area contributed by atoms with E-state index >= 15 is 0 Å². The van der Waals surface area contributed by atoms with Crippen LogP contribution >= 0.6 is 0 Å². The van der Waals surface area contributed by atoms with Gasteiger partial charge in [-0.3, -0.25) is 9.89 Å². The molecule has 0 unspecified atom stereocenters. The van der Waals surface area contributed by atoms with Gasteiger partial charge >= 0.3 is 0 Å². The largest absolute Gasteiger partial charge is 0.378 e. The Morgan fingerprint density at radius 3 is 2.61 bits per heavy atom. The number of aliphatic imine (C=N–C) groups is 1. The number of likely N-dealkylation sites (tertiary alicyclic amines) is 1. The van der Waals surface area contributed by atoms with Crippen LogP contribution in [0.15, 0.2) is 53.7 Å². The summed E-state index contributed by atoms with van der Waals surface area (Å²) in [5.74, 6) is 0.956. The van der Waals surface area contributed by atoms with Crippen LogP contribution in [0, 0.1) is 0 Å². The molecule has 1 saturated heterocycles. The summed E-state index contributed by atoms with van der Waals surface area (Å²) in [5, 5.41) is 3.40. The molecular weight excluding hydrogens is 386 g/mol. The number of rotatable bonds is 10. The summed E-state index contributed by atoms with van der Waals surface area (Å²) in [7, 11) is 4.17. The minimum atomic E-state index is 0.393. The van der Waals surface area contributed by atoms with E-state index in [1.165, 1.54) is 11.3 Å². The van der Waals surface area contributed by atoms with Gasteiger partial charge in [0, 0.05) is 65.3 Å². The number of nitrogens with zero attached hydrogens (tertiary/aromatic N) is 4. The van der Waals surface area contributed by atoms with Crippen molar-refractivity contribution in [1.29, 1.82) is 0 Å². The smallest absolute Gasteiger partial charge is 0.194 e. The maximum Gasteiger partial charge on any atom is 0.194 e. The molecule has 1 aliphatic rings. The summed E-state index contributed by atoms with van der Waals surface area (Å²) in [4.78, 5) is 9.51. The number of ether oxygens (including phenoxy) is 1. The molecule has 0 atom stereocenters. The molecule has 0 radical (unpaired) electrons. The van der Waals surface area contributed by atoms with E-state index in [-0.39, 0.29) is 0 Å². The Morgan fingerprint density at radius 2 is 1.94 bits per heavy atom. The van der Waals surface area contributed by atoms with E-state index in [9.17, 15) is 0 Å². The maximum atomic E-state index is 6.15. The van der Waals surface area contributed by atoms with Gasteiger partial charge in [-0.2, -0.15) is 0 Å². The van der Waals surface area contributed by atoms with Crippen molar-refractivity contribution >= 4 is 5.96 Å². The van der Waals surface area contributed by atoms with Crippen LogP contribution in [0.5, 0.6) is 0 Å². The molecule has 6 nitrogen and oxygen atoms in total. The molecule has 2 aromatic rings. The van der Waals surface area contributed by atoms with Crippen LogP contribution in [0.25, 0.3) is 0 Å². The molecule has 1 aromatic carbocycles. The average molecular weight is 426 g/mol. The van der Waals surface area contributed by atoms with Crippen molar-refractivity contribution in [2.75, 3.05) is 39.8 Å². The van der Waals surface area contributed by atoms with Gasteiger partial charge in [-0.05, 0) is 43.9 Å². The van der Waals surface area contributed by atoms with Crippen LogP contribution in [-0.2, 0) is 24.9 Å². The van der Waals surface area contributed by atoms with Gasteiger partial charge in [-0.1, -0.05) is 30.3 Å². The van der Waals surface area contributed by atoms with Crippen LogP contribution in [0.1, 0.15) is 37.4 Å². The normalized spacial score (nSPS) is 15.9. The lowest BCUT2D eigenvalue weighted by atomic mass is 10.1. The van der Waals surface area contributed by atoms with E-state index in [0.717, 1.165) is 71.1 Å². The van der Waals surface area contributed by atoms with Crippen LogP contribution in [0.4, 0.5) is 0 Å². The van der Waals surface area contributed by atoms with Crippen LogP contribution in [-0.4, -0.2) is 66.3 Å². The van der Waals surface area contributed by atoms with Gasteiger partial charge < -0.3 is 19.5 Å². The monoisotopic (exact) mass is 425 g/mol. The van der Waals surface area contributed by atoms with Gasteiger partial charge in [0.25, 0.3) is 0 Å². The molecule has 170 valence electrons. The standard InChI is InChI=1S/C25H39N5O/c1-4-26-25(29(3)21-23-12-8-16-28(23)2)27-15-9-19-31-24-13-17-30(18-14-24)20-22-10-6-5-7-11-22/h5-8,10-12,16,24H,4,9,13-15,17-21H2,1-3H3,(H,26,27). The SMILES string of the molecule is CCNC(=NCCCOC1CCN(Cc2ccccc2)CC1)N(C)Cc1cccn1C. The summed E-state index contributed by atoms with van der Waals surface area (Å²) >= 11 is 0. The Labute approximate surface area is 187 Å². The number of piperidine rings is 1. The van der Waals surface area contributed by atoms with Gasteiger partial charge in [0.2, 0.25) is 0 Å². The molecule has 1 fully saturated rings. The third-order valence-electron chi connectivity index (χ3n) is 5.85. The highest BCUT2D eigenvalue weighted by molar-refractivity contribution is 5.79. The van der Waals surface area contributed by atoms with Gasteiger partial charge in [-0.25, -0.2) is 0 Å². The van der Waals surface area contributed by atoms with E-state index < -0.39 is 0 Å². The van der Waals surface area contributed by atoms with Crippen LogP contribution in [0.2, 0.25) is 0 Å². The van der Waals surface area contributed by atoms with Gasteiger partial charge in [0.1, 0.15) is 0 Å². The molecular formula is C25H39N5O. The number of hydrogen-bond acceptors (Lipinski definition) is 3. The fraction of sp³-hybridized carbons (Fsp3) is 0.560. The van der Waals surface area contributed by atoms with Gasteiger partial charge in [0.05, 0.1) is 12.6 Å². The fourth-order valence-electron chi connectivity index (χ4n) is 4.02. The van der Waals surface area contributed by atoms with Crippen molar-refractivity contribution in [2.45, 2.75) is 45.4 Å². The zero-order valence-corrected chi connectivity index (χ0v) is 19.5. The first-order valence-corrected chi connectivity index (χ1v) is 11.6. The van der Waals surface area contributed by atoms with E-state index in [4.69, 9.17) is 9.73 Å². The molecule has 2 heterocycles. The molecule has 6 heteroatoms. The van der Waals surface area contributed by atoms with Gasteiger partial charge in [0.15, 0.2) is 5.96 Å². The number of aryl methyl sites for hydroxylation is 1. The lowest BCUT2D eigenvalue weighted by Gasteiger charge is -2.31. The Balaban J connectivity index is 1.33. The highest BCUT2D eigenvalue weighted by atomic mass is 16.5. The Bertz CT molecular complexity index is 780. The zero-order valence-electron chi connectivity index (χ0n) is 19.5. The average Bonchev–Trinajstić information content (AvgIpc) is 3.19. The zero-order chi connectivity index (χ0) is 21.9. The lowest BCUT2D eigenvalue weighted by molar-refractivity contribution is 0.00564. The second-order valence-electron chi connectivity index (χ2n) is 8.39. The molecule has 31 heavy (non-hydrogen) atoms. The van der Waals surface area contributed by atoms with E-state index in [0.29, 0.717) is 6.10 Å². The molecule has 0 spiro atoms. The highest BCUT2D eigenvalue weighted by Crippen LogP contribution is 2.16. The molecule has 0 saturated carbocycles. The molecule has 3 rings (SSSR count). The second kappa shape index (κ2) is 12.5. The van der Waals surface area contributed by atoms with Crippen molar-refractivity contribution in [3.8, 4) is 0 Å².